The van der Waals surface area contributed by atoms with Crippen LogP contribution in [0.5, 0.6) is 0 Å². The SMILES string of the molecule is O=C(Nc1ccc(N2CCCC2=O)cc1)C(=O)Nc1ccccc1F. The molecule has 2 aromatic rings. The number of nitrogens with zero attached hydrogens (tertiary/aromatic N) is 1. The topological polar surface area (TPSA) is 78.5 Å². The lowest BCUT2D eigenvalue weighted by Crippen LogP contribution is -2.29. The molecule has 1 aliphatic heterocycles. The Balaban J connectivity index is 1.61. The molecule has 2 aromatic carbocycles. The van der Waals surface area contributed by atoms with Crippen LogP contribution in [0.1, 0.15) is 12.8 Å². The Morgan fingerprint density at radius 1 is 0.960 bits per heavy atom. The fourth-order valence-corrected chi connectivity index (χ4v) is 2.58. The molecule has 2 N–H and O–H groups in total. The molecule has 128 valence electrons. The number of halogens is 1. The van der Waals surface area contributed by atoms with Gasteiger partial charge in [-0.05, 0) is 42.8 Å². The molecule has 1 fully saturated rings. The summed E-state index contributed by atoms with van der Waals surface area (Å²) in [6.07, 6.45) is 1.36. The van der Waals surface area contributed by atoms with Gasteiger partial charge in [0.2, 0.25) is 5.91 Å². The zero-order valence-corrected chi connectivity index (χ0v) is 13.3. The van der Waals surface area contributed by atoms with Gasteiger partial charge in [-0.15, -0.1) is 0 Å². The van der Waals surface area contributed by atoms with Crippen molar-refractivity contribution in [3.8, 4) is 0 Å². The number of hydrogen-bond donors (Lipinski definition) is 2. The van der Waals surface area contributed by atoms with Crippen molar-refractivity contribution in [1.29, 1.82) is 0 Å². The van der Waals surface area contributed by atoms with E-state index >= 15 is 0 Å². The monoisotopic (exact) mass is 341 g/mol. The first-order valence-electron chi connectivity index (χ1n) is 7.82. The smallest absolute Gasteiger partial charge is 0.314 e. The molecular formula is C18H16FN3O3. The lowest BCUT2D eigenvalue weighted by atomic mass is 10.2. The van der Waals surface area contributed by atoms with Crippen LogP contribution in [0.2, 0.25) is 0 Å². The van der Waals surface area contributed by atoms with E-state index in [0.717, 1.165) is 12.1 Å². The summed E-state index contributed by atoms with van der Waals surface area (Å²) in [5, 5.41) is 4.65. The molecule has 0 aromatic heterocycles. The van der Waals surface area contributed by atoms with Crippen LogP contribution in [-0.2, 0) is 14.4 Å². The quantitative estimate of drug-likeness (QED) is 0.842. The van der Waals surface area contributed by atoms with Crippen LogP contribution >= 0.6 is 0 Å². The van der Waals surface area contributed by atoms with Crippen molar-refractivity contribution >= 4 is 34.8 Å². The van der Waals surface area contributed by atoms with E-state index in [-0.39, 0.29) is 11.6 Å². The van der Waals surface area contributed by atoms with Crippen LogP contribution in [0, 0.1) is 5.82 Å². The summed E-state index contributed by atoms with van der Waals surface area (Å²) in [5.74, 6) is -2.43. The second-order valence-electron chi connectivity index (χ2n) is 5.58. The molecule has 0 unspecified atom stereocenters. The lowest BCUT2D eigenvalue weighted by molar-refractivity contribution is -0.133. The van der Waals surface area contributed by atoms with E-state index in [1.807, 2.05) is 0 Å². The van der Waals surface area contributed by atoms with Crippen molar-refractivity contribution in [1.82, 2.24) is 0 Å². The van der Waals surface area contributed by atoms with Gasteiger partial charge in [-0.3, -0.25) is 14.4 Å². The lowest BCUT2D eigenvalue weighted by Gasteiger charge is -2.16. The average Bonchev–Trinajstić information content (AvgIpc) is 3.03. The highest BCUT2D eigenvalue weighted by Crippen LogP contribution is 2.23. The summed E-state index contributed by atoms with van der Waals surface area (Å²) in [6, 6.07) is 12.2. The molecule has 0 bridgehead atoms. The summed E-state index contributed by atoms with van der Waals surface area (Å²) >= 11 is 0. The van der Waals surface area contributed by atoms with Gasteiger partial charge in [-0.25, -0.2) is 4.39 Å². The van der Waals surface area contributed by atoms with Crippen LogP contribution in [0.4, 0.5) is 21.5 Å². The Morgan fingerprint density at radius 2 is 1.64 bits per heavy atom. The van der Waals surface area contributed by atoms with E-state index in [9.17, 15) is 18.8 Å². The minimum absolute atomic E-state index is 0.0643. The molecule has 0 aliphatic carbocycles. The van der Waals surface area contributed by atoms with Gasteiger partial charge in [-0.2, -0.15) is 0 Å². The van der Waals surface area contributed by atoms with E-state index in [4.69, 9.17) is 0 Å². The van der Waals surface area contributed by atoms with Crippen molar-refractivity contribution in [2.45, 2.75) is 12.8 Å². The second kappa shape index (κ2) is 7.12. The van der Waals surface area contributed by atoms with E-state index in [1.165, 1.54) is 18.2 Å². The summed E-state index contributed by atoms with van der Waals surface area (Å²) in [5.41, 5.74) is 1.09. The van der Waals surface area contributed by atoms with E-state index in [0.29, 0.717) is 18.7 Å². The first kappa shape index (κ1) is 16.6. The van der Waals surface area contributed by atoms with Crippen LogP contribution in [-0.4, -0.2) is 24.3 Å². The van der Waals surface area contributed by atoms with E-state index < -0.39 is 17.6 Å². The number of carbonyl (C=O) groups is 3. The predicted molar refractivity (Wildman–Crippen MR) is 91.7 cm³/mol. The van der Waals surface area contributed by atoms with Gasteiger partial charge in [0, 0.05) is 24.3 Å². The van der Waals surface area contributed by atoms with Gasteiger partial charge < -0.3 is 15.5 Å². The molecule has 3 amide bonds. The van der Waals surface area contributed by atoms with Gasteiger partial charge in [-0.1, -0.05) is 12.1 Å². The van der Waals surface area contributed by atoms with E-state index in [2.05, 4.69) is 10.6 Å². The highest BCUT2D eigenvalue weighted by molar-refractivity contribution is 6.43. The normalized spacial score (nSPS) is 13.6. The zero-order valence-electron chi connectivity index (χ0n) is 13.3. The Labute approximate surface area is 143 Å². The van der Waals surface area contributed by atoms with Crippen molar-refractivity contribution in [2.75, 3.05) is 22.1 Å². The molecule has 0 spiro atoms. The molecular weight excluding hydrogens is 325 g/mol. The molecule has 1 aliphatic rings. The van der Waals surface area contributed by atoms with Crippen molar-refractivity contribution in [3.63, 3.8) is 0 Å². The highest BCUT2D eigenvalue weighted by Gasteiger charge is 2.21. The Morgan fingerprint density at radius 3 is 2.28 bits per heavy atom. The first-order valence-corrected chi connectivity index (χ1v) is 7.82. The molecule has 0 atom stereocenters. The van der Waals surface area contributed by atoms with E-state index in [1.54, 1.807) is 35.2 Å². The van der Waals surface area contributed by atoms with Crippen LogP contribution in [0.3, 0.4) is 0 Å². The molecule has 7 heteroatoms. The Bertz CT molecular complexity index is 821. The molecule has 0 saturated carbocycles. The molecule has 1 heterocycles. The third-order valence-electron chi connectivity index (χ3n) is 3.84. The number of nitrogens with one attached hydrogen (secondary N) is 2. The number of para-hydroxylation sites is 1. The van der Waals surface area contributed by atoms with Crippen LogP contribution < -0.4 is 15.5 Å². The molecule has 1 saturated heterocycles. The number of amides is 3. The molecule has 25 heavy (non-hydrogen) atoms. The van der Waals surface area contributed by atoms with Gasteiger partial charge >= 0.3 is 11.8 Å². The minimum Gasteiger partial charge on any atom is -0.318 e. The van der Waals surface area contributed by atoms with Gasteiger partial charge in [0.05, 0.1) is 5.69 Å². The van der Waals surface area contributed by atoms with Gasteiger partial charge in [0.15, 0.2) is 0 Å². The van der Waals surface area contributed by atoms with Gasteiger partial charge in [0.1, 0.15) is 5.82 Å². The van der Waals surface area contributed by atoms with Crippen LogP contribution in [0.15, 0.2) is 48.5 Å². The molecule has 6 nitrogen and oxygen atoms in total. The van der Waals surface area contributed by atoms with Crippen LogP contribution in [0.25, 0.3) is 0 Å². The predicted octanol–water partition coefficient (Wildman–Crippen LogP) is 2.53. The minimum atomic E-state index is -0.969. The number of anilines is 3. The fraction of sp³-hybridized carbons (Fsp3) is 0.167. The maximum Gasteiger partial charge on any atom is 0.314 e. The highest BCUT2D eigenvalue weighted by atomic mass is 19.1. The number of hydrogen-bond acceptors (Lipinski definition) is 3. The summed E-state index contributed by atoms with van der Waals surface area (Å²) in [7, 11) is 0. The third kappa shape index (κ3) is 3.82. The maximum absolute atomic E-state index is 13.5. The summed E-state index contributed by atoms with van der Waals surface area (Å²) in [6.45, 7) is 0.676. The Kier molecular flexibility index (Phi) is 4.74. The number of carbonyl (C=O) groups excluding carboxylic acids is 3. The van der Waals surface area contributed by atoms with Crippen molar-refractivity contribution < 1.29 is 18.8 Å². The third-order valence-corrected chi connectivity index (χ3v) is 3.84. The first-order chi connectivity index (χ1) is 12.0. The zero-order chi connectivity index (χ0) is 17.8. The second-order valence-corrected chi connectivity index (χ2v) is 5.58. The summed E-state index contributed by atoms with van der Waals surface area (Å²) in [4.78, 5) is 37.1. The Hall–Kier alpha value is -3.22. The number of benzene rings is 2. The molecule has 3 rings (SSSR count). The summed E-state index contributed by atoms with van der Waals surface area (Å²) < 4.78 is 13.5. The van der Waals surface area contributed by atoms with Crippen molar-refractivity contribution in [3.05, 3.63) is 54.3 Å². The largest absolute Gasteiger partial charge is 0.318 e. The fourth-order valence-electron chi connectivity index (χ4n) is 2.58. The molecule has 0 radical (unpaired) electrons. The standard InChI is InChI=1S/C18H16FN3O3/c19-14-4-1-2-5-15(14)21-18(25)17(24)20-12-7-9-13(10-8-12)22-11-3-6-16(22)23/h1-2,4-5,7-10H,3,6,11H2,(H,20,24)(H,21,25). The average molecular weight is 341 g/mol. The number of rotatable bonds is 3. The maximum atomic E-state index is 13.5. The van der Waals surface area contributed by atoms with Crippen molar-refractivity contribution in [2.24, 2.45) is 0 Å². The van der Waals surface area contributed by atoms with Gasteiger partial charge in [0.25, 0.3) is 0 Å².